The summed E-state index contributed by atoms with van der Waals surface area (Å²) >= 11 is 0. The Balaban J connectivity index is 2.13. The molecule has 9 heteroatoms. The van der Waals surface area contributed by atoms with Crippen molar-refractivity contribution >= 4 is 5.91 Å². The van der Waals surface area contributed by atoms with Gasteiger partial charge in [-0.1, -0.05) is 280 Å². The van der Waals surface area contributed by atoms with Gasteiger partial charge in [0.2, 0.25) is 5.91 Å². The first-order chi connectivity index (χ1) is 35.8. The number of ether oxygens (including phenoxy) is 2. The summed E-state index contributed by atoms with van der Waals surface area (Å²) in [7, 11) is 0. The molecule has 0 bridgehead atoms. The summed E-state index contributed by atoms with van der Waals surface area (Å²) in [5.41, 5.74) is 0. The van der Waals surface area contributed by atoms with Gasteiger partial charge in [-0.25, -0.2) is 0 Å². The number of carbonyl (C=O) groups is 1. The Morgan fingerprint density at radius 1 is 0.479 bits per heavy atom. The van der Waals surface area contributed by atoms with Crippen molar-refractivity contribution in [1.29, 1.82) is 0 Å². The number of nitrogens with one attached hydrogen (secondary N) is 1. The molecular formula is C64H117NO8. The fraction of sp³-hybridized carbons (Fsp3) is 0.828. The molecule has 0 spiro atoms. The smallest absolute Gasteiger partial charge is 0.220 e. The normalized spacial score (nSPS) is 19.5. The Morgan fingerprint density at radius 3 is 1.26 bits per heavy atom. The van der Waals surface area contributed by atoms with Gasteiger partial charge in [0.1, 0.15) is 24.4 Å². The summed E-state index contributed by atoms with van der Waals surface area (Å²) in [5, 5.41) is 54.6. The maximum absolute atomic E-state index is 13.1. The van der Waals surface area contributed by atoms with Crippen LogP contribution in [0.25, 0.3) is 0 Å². The second kappa shape index (κ2) is 53.3. The van der Waals surface area contributed by atoms with Crippen molar-refractivity contribution in [2.24, 2.45) is 0 Å². The Kier molecular flexibility index (Phi) is 50.3. The van der Waals surface area contributed by atoms with Crippen LogP contribution in [0.2, 0.25) is 0 Å². The van der Waals surface area contributed by atoms with Crippen molar-refractivity contribution in [2.75, 3.05) is 13.2 Å². The molecule has 0 aromatic carbocycles. The van der Waals surface area contributed by atoms with Crippen LogP contribution in [0.15, 0.2) is 60.8 Å². The van der Waals surface area contributed by atoms with E-state index in [4.69, 9.17) is 9.47 Å². The van der Waals surface area contributed by atoms with Crippen LogP contribution in [0.3, 0.4) is 0 Å². The van der Waals surface area contributed by atoms with E-state index in [-0.39, 0.29) is 12.5 Å². The molecule has 1 heterocycles. The predicted molar refractivity (Wildman–Crippen MR) is 309 cm³/mol. The zero-order valence-corrected chi connectivity index (χ0v) is 47.4. The Bertz CT molecular complexity index is 1330. The number of carbonyl (C=O) groups excluding carboxylic acids is 1. The van der Waals surface area contributed by atoms with Crippen molar-refractivity contribution in [2.45, 2.75) is 326 Å². The zero-order valence-electron chi connectivity index (χ0n) is 47.4. The molecule has 1 aliphatic rings. The minimum Gasteiger partial charge on any atom is -0.394 e. The van der Waals surface area contributed by atoms with Crippen LogP contribution in [-0.2, 0) is 14.3 Å². The minimum absolute atomic E-state index is 0.173. The van der Waals surface area contributed by atoms with Crippen molar-refractivity contribution < 1.29 is 39.8 Å². The lowest BCUT2D eigenvalue weighted by molar-refractivity contribution is -0.302. The molecule has 1 fully saturated rings. The van der Waals surface area contributed by atoms with Gasteiger partial charge in [0, 0.05) is 6.42 Å². The molecule has 1 aliphatic heterocycles. The highest BCUT2D eigenvalue weighted by molar-refractivity contribution is 5.76. The van der Waals surface area contributed by atoms with E-state index in [1.807, 2.05) is 6.08 Å². The second-order valence-corrected chi connectivity index (χ2v) is 21.5. The first-order valence-corrected chi connectivity index (χ1v) is 31.0. The van der Waals surface area contributed by atoms with Crippen LogP contribution in [0.4, 0.5) is 0 Å². The van der Waals surface area contributed by atoms with Crippen molar-refractivity contribution in [3.05, 3.63) is 60.8 Å². The Labute approximate surface area is 449 Å². The molecule has 1 saturated heterocycles. The highest BCUT2D eigenvalue weighted by atomic mass is 16.7. The third-order valence-electron chi connectivity index (χ3n) is 14.6. The van der Waals surface area contributed by atoms with E-state index in [0.717, 1.165) is 64.2 Å². The highest BCUT2D eigenvalue weighted by Gasteiger charge is 2.44. The average Bonchev–Trinajstić information content (AvgIpc) is 3.39. The molecule has 1 rings (SSSR count). The number of hydrogen-bond acceptors (Lipinski definition) is 8. The first-order valence-electron chi connectivity index (χ1n) is 31.0. The minimum atomic E-state index is -1.57. The van der Waals surface area contributed by atoms with Gasteiger partial charge in [0.25, 0.3) is 0 Å². The highest BCUT2D eigenvalue weighted by Crippen LogP contribution is 2.23. The topological polar surface area (TPSA) is 149 Å². The molecular weight excluding hydrogens is 911 g/mol. The van der Waals surface area contributed by atoms with Crippen molar-refractivity contribution in [3.63, 3.8) is 0 Å². The number of amides is 1. The lowest BCUT2D eigenvalue weighted by Crippen LogP contribution is -2.60. The standard InChI is InChI=1S/C64H117NO8/c1-3-5-7-9-11-13-15-17-19-21-22-23-24-25-26-27-28-29-30-31-32-33-34-35-36-38-40-42-44-46-48-50-52-54-60(68)65-57(56-72-64-63(71)62(70)61(69)59(55-66)73-64)58(67)53-51-49-47-45-43-41-39-37-20-18-16-14-12-10-8-6-4-2/h5,7,11,13,17,19,22-23,51,53,57-59,61-64,66-67,69-71H,3-4,6,8-10,12,14-16,18,20-21,24-50,52,54-56H2,1-2H3,(H,65,68)/b7-5-,13-11-,19-17-,23-22-,53-51+. The lowest BCUT2D eigenvalue weighted by atomic mass is 9.99. The average molecular weight is 1030 g/mol. The van der Waals surface area contributed by atoms with E-state index in [1.54, 1.807) is 6.08 Å². The molecule has 9 nitrogen and oxygen atoms in total. The van der Waals surface area contributed by atoms with Crippen molar-refractivity contribution in [1.82, 2.24) is 5.32 Å². The maximum Gasteiger partial charge on any atom is 0.220 e. The maximum atomic E-state index is 13.1. The van der Waals surface area contributed by atoms with Crippen LogP contribution in [-0.4, -0.2) is 87.5 Å². The van der Waals surface area contributed by atoms with Gasteiger partial charge in [-0.15, -0.1) is 0 Å². The van der Waals surface area contributed by atoms with Crippen molar-refractivity contribution in [3.8, 4) is 0 Å². The van der Waals surface area contributed by atoms with Gasteiger partial charge in [-0.3, -0.25) is 4.79 Å². The number of hydrogen-bond donors (Lipinski definition) is 6. The molecule has 0 aromatic heterocycles. The Morgan fingerprint density at radius 2 is 0.849 bits per heavy atom. The molecule has 0 aliphatic carbocycles. The van der Waals surface area contributed by atoms with Gasteiger partial charge in [-0.05, 0) is 57.8 Å². The molecule has 0 aromatic rings. The zero-order chi connectivity index (χ0) is 52.9. The number of aliphatic hydroxyl groups excluding tert-OH is 5. The summed E-state index contributed by atoms with van der Waals surface area (Å²) in [5.74, 6) is -0.173. The fourth-order valence-corrected chi connectivity index (χ4v) is 9.74. The largest absolute Gasteiger partial charge is 0.394 e. The first kappa shape index (κ1) is 68.9. The van der Waals surface area contributed by atoms with E-state index >= 15 is 0 Å². The van der Waals surface area contributed by atoms with Crippen LogP contribution in [0.5, 0.6) is 0 Å². The third kappa shape index (κ3) is 42.7. The molecule has 7 atom stereocenters. The number of unbranched alkanes of at least 4 members (excludes halogenated alkanes) is 35. The number of rotatable bonds is 53. The molecule has 7 unspecified atom stereocenters. The van der Waals surface area contributed by atoms with Crippen LogP contribution >= 0.6 is 0 Å². The lowest BCUT2D eigenvalue weighted by Gasteiger charge is -2.40. The molecule has 0 radical (unpaired) electrons. The molecule has 1 amide bonds. The molecule has 0 saturated carbocycles. The Hall–Kier alpha value is -2.11. The SMILES string of the molecule is CC/C=C\C/C=C\C/C=C\C/C=C\CCCCCCCCCCCCCCCCCCCCCCC(=O)NC(COC1OC(CO)C(O)C(O)C1O)C(O)/C=C/CCCCCCCCCCCCCCCCC. The van der Waals surface area contributed by atoms with E-state index in [1.165, 1.54) is 199 Å². The van der Waals surface area contributed by atoms with Gasteiger partial charge in [-0.2, -0.15) is 0 Å². The van der Waals surface area contributed by atoms with E-state index < -0.39 is 49.5 Å². The van der Waals surface area contributed by atoms with Crippen LogP contribution < -0.4 is 5.32 Å². The summed E-state index contributed by atoms with van der Waals surface area (Å²) in [6.45, 7) is 3.69. The summed E-state index contributed by atoms with van der Waals surface area (Å²) in [4.78, 5) is 13.1. The van der Waals surface area contributed by atoms with E-state index in [0.29, 0.717) is 6.42 Å². The summed E-state index contributed by atoms with van der Waals surface area (Å²) in [6, 6.07) is -0.805. The molecule has 6 N–H and O–H groups in total. The summed E-state index contributed by atoms with van der Waals surface area (Å²) < 4.78 is 11.3. The van der Waals surface area contributed by atoms with Crippen LogP contribution in [0.1, 0.15) is 284 Å². The summed E-state index contributed by atoms with van der Waals surface area (Å²) in [6.07, 6.45) is 65.9. The number of aliphatic hydroxyl groups is 5. The monoisotopic (exact) mass is 1030 g/mol. The van der Waals surface area contributed by atoms with Gasteiger partial charge in [0.05, 0.1) is 25.4 Å². The predicted octanol–water partition coefficient (Wildman–Crippen LogP) is 15.9. The van der Waals surface area contributed by atoms with Gasteiger partial charge in [0.15, 0.2) is 6.29 Å². The van der Waals surface area contributed by atoms with Gasteiger partial charge < -0.3 is 40.3 Å². The molecule has 73 heavy (non-hydrogen) atoms. The quantitative estimate of drug-likeness (QED) is 0.0261. The number of allylic oxidation sites excluding steroid dienone is 9. The van der Waals surface area contributed by atoms with Crippen LogP contribution in [0, 0.1) is 0 Å². The molecule has 426 valence electrons. The van der Waals surface area contributed by atoms with Gasteiger partial charge >= 0.3 is 0 Å². The van der Waals surface area contributed by atoms with E-state index in [2.05, 4.69) is 67.8 Å². The van der Waals surface area contributed by atoms with E-state index in [9.17, 15) is 30.3 Å². The fourth-order valence-electron chi connectivity index (χ4n) is 9.74. The second-order valence-electron chi connectivity index (χ2n) is 21.5. The third-order valence-corrected chi connectivity index (χ3v) is 14.6.